The van der Waals surface area contributed by atoms with Crippen molar-refractivity contribution in [2.24, 2.45) is 0 Å². The highest BCUT2D eigenvalue weighted by molar-refractivity contribution is 5.80. The molecule has 0 saturated heterocycles. The number of carbonyl (C=O) groups is 1. The van der Waals surface area contributed by atoms with Gasteiger partial charge in [-0.05, 0) is 24.5 Å². The number of likely N-dealkylation sites (N-methyl/N-ethyl adjacent to an activating group) is 1. The molecule has 0 spiro atoms. The zero-order chi connectivity index (χ0) is 12.8. The lowest BCUT2D eigenvalue weighted by Gasteiger charge is -2.17. The number of anilines is 1. The van der Waals surface area contributed by atoms with E-state index in [9.17, 15) is 4.79 Å². The van der Waals surface area contributed by atoms with E-state index in [-0.39, 0.29) is 5.91 Å². The number of para-hydroxylation sites is 1. The SMILES string of the molecule is CCN(C)C(=O)CNc1ccccc1C(C)C. The maximum Gasteiger partial charge on any atom is 0.241 e. The summed E-state index contributed by atoms with van der Waals surface area (Å²) in [5, 5.41) is 3.22. The molecule has 94 valence electrons. The third-order valence-corrected chi connectivity index (χ3v) is 2.91. The van der Waals surface area contributed by atoms with Crippen molar-refractivity contribution in [3.05, 3.63) is 29.8 Å². The lowest BCUT2D eigenvalue weighted by atomic mass is 10.0. The van der Waals surface area contributed by atoms with Gasteiger partial charge < -0.3 is 10.2 Å². The van der Waals surface area contributed by atoms with Crippen molar-refractivity contribution in [3.8, 4) is 0 Å². The molecule has 1 rings (SSSR count). The zero-order valence-electron chi connectivity index (χ0n) is 11.2. The quantitative estimate of drug-likeness (QED) is 0.849. The number of nitrogens with zero attached hydrogens (tertiary/aromatic N) is 1. The first-order valence-corrected chi connectivity index (χ1v) is 6.13. The summed E-state index contributed by atoms with van der Waals surface area (Å²) in [6.07, 6.45) is 0. The lowest BCUT2D eigenvalue weighted by molar-refractivity contribution is -0.127. The van der Waals surface area contributed by atoms with Gasteiger partial charge in [-0.1, -0.05) is 32.0 Å². The average Bonchev–Trinajstić information content (AvgIpc) is 2.35. The second-order valence-corrected chi connectivity index (χ2v) is 4.50. The van der Waals surface area contributed by atoms with Gasteiger partial charge in [0.25, 0.3) is 0 Å². The van der Waals surface area contributed by atoms with E-state index in [1.165, 1.54) is 5.56 Å². The van der Waals surface area contributed by atoms with Gasteiger partial charge in [0.2, 0.25) is 5.91 Å². The van der Waals surface area contributed by atoms with Crippen molar-refractivity contribution in [2.75, 3.05) is 25.5 Å². The molecule has 1 aromatic rings. The minimum atomic E-state index is 0.117. The van der Waals surface area contributed by atoms with Gasteiger partial charge in [0.05, 0.1) is 6.54 Å². The molecule has 0 radical (unpaired) electrons. The average molecular weight is 234 g/mol. The Morgan fingerprint density at radius 3 is 2.59 bits per heavy atom. The first kappa shape index (κ1) is 13.6. The second kappa shape index (κ2) is 6.28. The Labute approximate surface area is 104 Å². The smallest absolute Gasteiger partial charge is 0.241 e. The van der Waals surface area contributed by atoms with Crippen LogP contribution >= 0.6 is 0 Å². The molecule has 0 atom stereocenters. The fourth-order valence-electron chi connectivity index (χ4n) is 1.64. The molecule has 0 unspecified atom stereocenters. The maximum absolute atomic E-state index is 11.7. The van der Waals surface area contributed by atoms with E-state index in [4.69, 9.17) is 0 Å². The molecule has 0 bridgehead atoms. The second-order valence-electron chi connectivity index (χ2n) is 4.50. The predicted octanol–water partition coefficient (Wildman–Crippen LogP) is 2.70. The van der Waals surface area contributed by atoms with Crippen molar-refractivity contribution in [3.63, 3.8) is 0 Å². The normalized spacial score (nSPS) is 10.4. The summed E-state index contributed by atoms with van der Waals surface area (Å²) in [4.78, 5) is 13.4. The molecule has 1 N–H and O–H groups in total. The molecule has 0 fully saturated rings. The zero-order valence-corrected chi connectivity index (χ0v) is 11.2. The largest absolute Gasteiger partial charge is 0.376 e. The summed E-state index contributed by atoms with van der Waals surface area (Å²) >= 11 is 0. The van der Waals surface area contributed by atoms with E-state index in [2.05, 4.69) is 25.2 Å². The minimum Gasteiger partial charge on any atom is -0.376 e. The standard InChI is InChI=1S/C14H22N2O/c1-5-16(4)14(17)10-15-13-9-7-6-8-12(13)11(2)3/h6-9,11,15H,5,10H2,1-4H3. The van der Waals surface area contributed by atoms with Crippen LogP contribution in [-0.4, -0.2) is 30.9 Å². The summed E-state index contributed by atoms with van der Waals surface area (Å²) in [6, 6.07) is 8.14. The van der Waals surface area contributed by atoms with Crippen LogP contribution in [0.15, 0.2) is 24.3 Å². The molecule has 3 nitrogen and oxygen atoms in total. The van der Waals surface area contributed by atoms with E-state index in [0.29, 0.717) is 12.5 Å². The van der Waals surface area contributed by atoms with Gasteiger partial charge in [-0.2, -0.15) is 0 Å². The van der Waals surface area contributed by atoms with E-state index >= 15 is 0 Å². The fraction of sp³-hybridized carbons (Fsp3) is 0.500. The molecule has 0 aliphatic carbocycles. The molecule has 0 saturated carbocycles. The third-order valence-electron chi connectivity index (χ3n) is 2.91. The Morgan fingerprint density at radius 2 is 2.00 bits per heavy atom. The van der Waals surface area contributed by atoms with E-state index < -0.39 is 0 Å². The van der Waals surface area contributed by atoms with Crippen LogP contribution in [0.25, 0.3) is 0 Å². The van der Waals surface area contributed by atoms with Gasteiger partial charge in [-0.15, -0.1) is 0 Å². The van der Waals surface area contributed by atoms with Crippen LogP contribution in [0.2, 0.25) is 0 Å². The van der Waals surface area contributed by atoms with Gasteiger partial charge in [0.15, 0.2) is 0 Å². The highest BCUT2D eigenvalue weighted by Crippen LogP contribution is 2.23. The van der Waals surface area contributed by atoms with Crippen molar-refractivity contribution >= 4 is 11.6 Å². The Kier molecular flexibility index (Phi) is 5.01. The van der Waals surface area contributed by atoms with Crippen molar-refractivity contribution in [1.29, 1.82) is 0 Å². The molecule has 3 heteroatoms. The van der Waals surface area contributed by atoms with Gasteiger partial charge in [0, 0.05) is 19.3 Å². The molecule has 17 heavy (non-hydrogen) atoms. The van der Waals surface area contributed by atoms with E-state index in [1.54, 1.807) is 4.90 Å². The fourth-order valence-corrected chi connectivity index (χ4v) is 1.64. The Bertz CT molecular complexity index is 374. The summed E-state index contributed by atoms with van der Waals surface area (Å²) in [6.45, 7) is 7.38. The molecular weight excluding hydrogens is 212 g/mol. The van der Waals surface area contributed by atoms with Crippen LogP contribution in [-0.2, 0) is 4.79 Å². The number of nitrogens with one attached hydrogen (secondary N) is 1. The van der Waals surface area contributed by atoms with Crippen LogP contribution in [0.4, 0.5) is 5.69 Å². The minimum absolute atomic E-state index is 0.117. The Hall–Kier alpha value is -1.51. The number of carbonyl (C=O) groups excluding carboxylic acids is 1. The number of benzene rings is 1. The number of amides is 1. The lowest BCUT2D eigenvalue weighted by Crippen LogP contribution is -2.32. The van der Waals surface area contributed by atoms with Crippen LogP contribution < -0.4 is 5.32 Å². The molecule has 1 aromatic carbocycles. The number of rotatable bonds is 5. The van der Waals surface area contributed by atoms with Gasteiger partial charge in [-0.3, -0.25) is 4.79 Å². The van der Waals surface area contributed by atoms with E-state index in [1.807, 2.05) is 32.2 Å². The van der Waals surface area contributed by atoms with Crippen LogP contribution in [0, 0.1) is 0 Å². The van der Waals surface area contributed by atoms with E-state index in [0.717, 1.165) is 12.2 Å². The number of hydrogen-bond donors (Lipinski definition) is 1. The molecule has 0 heterocycles. The summed E-state index contributed by atoms with van der Waals surface area (Å²) < 4.78 is 0. The van der Waals surface area contributed by atoms with Gasteiger partial charge in [-0.25, -0.2) is 0 Å². The van der Waals surface area contributed by atoms with Crippen molar-refractivity contribution in [2.45, 2.75) is 26.7 Å². The first-order chi connectivity index (χ1) is 8.06. The third kappa shape index (κ3) is 3.77. The summed E-state index contributed by atoms with van der Waals surface area (Å²) in [5.74, 6) is 0.573. The molecule has 0 aromatic heterocycles. The summed E-state index contributed by atoms with van der Waals surface area (Å²) in [7, 11) is 1.82. The molecule has 1 amide bonds. The highest BCUT2D eigenvalue weighted by atomic mass is 16.2. The predicted molar refractivity (Wildman–Crippen MR) is 72.3 cm³/mol. The number of hydrogen-bond acceptors (Lipinski definition) is 2. The topological polar surface area (TPSA) is 32.3 Å². The van der Waals surface area contributed by atoms with Crippen molar-refractivity contribution in [1.82, 2.24) is 4.90 Å². The van der Waals surface area contributed by atoms with Crippen molar-refractivity contribution < 1.29 is 4.79 Å². The monoisotopic (exact) mass is 234 g/mol. The van der Waals surface area contributed by atoms with Gasteiger partial charge >= 0.3 is 0 Å². The Balaban J connectivity index is 2.66. The van der Waals surface area contributed by atoms with Crippen LogP contribution in [0.1, 0.15) is 32.3 Å². The molecule has 0 aliphatic rings. The first-order valence-electron chi connectivity index (χ1n) is 6.13. The van der Waals surface area contributed by atoms with Crippen LogP contribution in [0.3, 0.4) is 0 Å². The Morgan fingerprint density at radius 1 is 1.35 bits per heavy atom. The van der Waals surface area contributed by atoms with Crippen LogP contribution in [0.5, 0.6) is 0 Å². The van der Waals surface area contributed by atoms with Gasteiger partial charge in [0.1, 0.15) is 0 Å². The molecular formula is C14H22N2O. The molecule has 0 aliphatic heterocycles. The maximum atomic E-state index is 11.7. The highest BCUT2D eigenvalue weighted by Gasteiger charge is 2.09. The summed E-state index contributed by atoms with van der Waals surface area (Å²) in [5.41, 5.74) is 2.31.